The van der Waals surface area contributed by atoms with Crippen LogP contribution in [0.25, 0.3) is 17.1 Å². The van der Waals surface area contributed by atoms with E-state index >= 15 is 0 Å². The molecule has 136 valence electrons. The first-order chi connectivity index (χ1) is 12.1. The van der Waals surface area contributed by atoms with Crippen LogP contribution >= 0.6 is 15.9 Å². The molecule has 0 bridgehead atoms. The Morgan fingerprint density at radius 1 is 0.808 bits per heavy atom. The quantitative estimate of drug-likeness (QED) is 0.523. The monoisotopic (exact) mass is 436 g/mol. The van der Waals surface area contributed by atoms with E-state index < -0.39 is 34.3 Å². The number of aromatic nitrogens is 4. The van der Waals surface area contributed by atoms with Gasteiger partial charge >= 0.3 is 12.4 Å². The maximum Gasteiger partial charge on any atom is 0.453 e. The van der Waals surface area contributed by atoms with Crippen LogP contribution in [0.15, 0.2) is 47.2 Å². The summed E-state index contributed by atoms with van der Waals surface area (Å²) in [6, 6.07) is 10.1. The van der Waals surface area contributed by atoms with Crippen molar-refractivity contribution in [2.45, 2.75) is 12.4 Å². The number of alkyl halides is 6. The van der Waals surface area contributed by atoms with Crippen molar-refractivity contribution < 1.29 is 26.3 Å². The number of hydrogen-bond donors (Lipinski definition) is 0. The van der Waals surface area contributed by atoms with Crippen molar-refractivity contribution in [3.8, 4) is 17.1 Å². The SMILES string of the molecule is FC(F)(F)c1nc(Br)n(-c2nc(-c3ccccc3)ccc2C(F)(F)F)n1. The van der Waals surface area contributed by atoms with Crippen molar-refractivity contribution in [2.24, 2.45) is 0 Å². The first-order valence-electron chi connectivity index (χ1n) is 6.91. The Morgan fingerprint density at radius 3 is 2.00 bits per heavy atom. The van der Waals surface area contributed by atoms with E-state index in [0.717, 1.165) is 12.1 Å². The average molecular weight is 437 g/mol. The summed E-state index contributed by atoms with van der Waals surface area (Å²) in [6.07, 6.45) is -9.76. The van der Waals surface area contributed by atoms with Gasteiger partial charge in [0.25, 0.3) is 5.82 Å². The molecule has 3 rings (SSSR count). The number of benzene rings is 1. The predicted octanol–water partition coefficient (Wildman–Crippen LogP) is 5.13. The summed E-state index contributed by atoms with van der Waals surface area (Å²) in [5.41, 5.74) is -0.601. The zero-order chi connectivity index (χ0) is 19.1. The van der Waals surface area contributed by atoms with Gasteiger partial charge in [0.1, 0.15) is 5.56 Å². The van der Waals surface area contributed by atoms with Crippen molar-refractivity contribution in [3.05, 3.63) is 58.6 Å². The van der Waals surface area contributed by atoms with E-state index in [2.05, 4.69) is 31.0 Å². The second-order valence-corrected chi connectivity index (χ2v) is 5.75. The summed E-state index contributed by atoms with van der Waals surface area (Å²) in [5.74, 6) is -2.39. The molecule has 4 nitrogen and oxygen atoms in total. The molecule has 0 spiro atoms. The summed E-state index contributed by atoms with van der Waals surface area (Å²) in [5, 5.41) is 3.13. The van der Waals surface area contributed by atoms with Crippen molar-refractivity contribution in [3.63, 3.8) is 0 Å². The van der Waals surface area contributed by atoms with E-state index in [-0.39, 0.29) is 5.69 Å². The molecule has 0 saturated carbocycles. The zero-order valence-electron chi connectivity index (χ0n) is 12.5. The molecular weight excluding hydrogens is 430 g/mol. The molecule has 0 aliphatic rings. The molecular formula is C15H7BrF6N4. The first kappa shape index (κ1) is 18.4. The third-order valence-electron chi connectivity index (χ3n) is 3.27. The lowest BCUT2D eigenvalue weighted by Gasteiger charge is -2.13. The summed E-state index contributed by atoms with van der Waals surface area (Å²) in [7, 11) is 0. The Hall–Kier alpha value is -2.43. The minimum atomic E-state index is -4.91. The maximum absolute atomic E-state index is 13.3. The van der Waals surface area contributed by atoms with E-state index in [1.54, 1.807) is 30.3 Å². The summed E-state index contributed by atoms with van der Waals surface area (Å²) in [4.78, 5) is 7.00. The van der Waals surface area contributed by atoms with Crippen LogP contribution in [0.1, 0.15) is 11.4 Å². The normalized spacial score (nSPS) is 12.4. The molecule has 3 aromatic rings. The molecule has 0 amide bonds. The number of halogens is 7. The van der Waals surface area contributed by atoms with E-state index in [1.807, 2.05) is 0 Å². The summed E-state index contributed by atoms with van der Waals surface area (Å²) in [6.45, 7) is 0. The fraction of sp³-hybridized carbons (Fsp3) is 0.133. The Labute approximate surface area is 150 Å². The Balaban J connectivity index is 2.23. The molecule has 0 N–H and O–H groups in total. The van der Waals surface area contributed by atoms with Gasteiger partial charge in [-0.2, -0.15) is 36.0 Å². The minimum Gasteiger partial charge on any atom is -0.228 e. The number of rotatable bonds is 2. The minimum absolute atomic E-state index is 0.143. The topological polar surface area (TPSA) is 43.6 Å². The standard InChI is InChI=1S/C15H7BrF6N4/c16-13-24-12(15(20,21)22)25-26(13)11-9(14(17,18)19)6-7-10(23-11)8-4-2-1-3-5-8/h1-7H. The number of hydrogen-bond acceptors (Lipinski definition) is 3. The molecule has 2 heterocycles. The molecule has 0 aliphatic carbocycles. The fourth-order valence-corrected chi connectivity index (χ4v) is 2.56. The number of pyridine rings is 1. The molecule has 0 saturated heterocycles. The van der Waals surface area contributed by atoms with E-state index in [4.69, 9.17) is 0 Å². The van der Waals surface area contributed by atoms with Gasteiger partial charge in [0.2, 0.25) is 4.73 Å². The molecule has 26 heavy (non-hydrogen) atoms. The Bertz CT molecular complexity index is 934. The van der Waals surface area contributed by atoms with Gasteiger partial charge in [-0.1, -0.05) is 30.3 Å². The van der Waals surface area contributed by atoms with E-state index in [1.165, 1.54) is 0 Å². The zero-order valence-corrected chi connectivity index (χ0v) is 14.1. The lowest BCUT2D eigenvalue weighted by molar-refractivity contribution is -0.144. The summed E-state index contributed by atoms with van der Waals surface area (Å²) >= 11 is 2.71. The van der Waals surface area contributed by atoms with Gasteiger partial charge in [0, 0.05) is 5.56 Å². The van der Waals surface area contributed by atoms with Gasteiger partial charge in [-0.25, -0.2) is 4.98 Å². The first-order valence-corrected chi connectivity index (χ1v) is 7.70. The molecule has 2 aromatic heterocycles. The highest BCUT2D eigenvalue weighted by Gasteiger charge is 2.40. The van der Waals surface area contributed by atoms with Crippen molar-refractivity contribution in [2.75, 3.05) is 0 Å². The van der Waals surface area contributed by atoms with Crippen molar-refractivity contribution >= 4 is 15.9 Å². The van der Waals surface area contributed by atoms with Gasteiger partial charge in [0.15, 0.2) is 5.82 Å². The van der Waals surface area contributed by atoms with Crippen LogP contribution in [-0.2, 0) is 12.4 Å². The van der Waals surface area contributed by atoms with Gasteiger partial charge in [-0.05, 0) is 28.1 Å². The van der Waals surface area contributed by atoms with Crippen LogP contribution in [-0.4, -0.2) is 19.7 Å². The lowest BCUT2D eigenvalue weighted by Crippen LogP contribution is -2.15. The van der Waals surface area contributed by atoms with Crippen LogP contribution in [0.2, 0.25) is 0 Å². The van der Waals surface area contributed by atoms with Gasteiger partial charge in [-0.15, -0.1) is 5.10 Å². The van der Waals surface area contributed by atoms with Gasteiger partial charge in [-0.3, -0.25) is 0 Å². The highest BCUT2D eigenvalue weighted by atomic mass is 79.9. The second-order valence-electron chi connectivity index (χ2n) is 5.05. The van der Waals surface area contributed by atoms with Gasteiger partial charge < -0.3 is 0 Å². The third kappa shape index (κ3) is 3.57. The summed E-state index contributed by atoms with van der Waals surface area (Å²) < 4.78 is 78.1. The Kier molecular flexibility index (Phi) is 4.51. The smallest absolute Gasteiger partial charge is 0.228 e. The lowest BCUT2D eigenvalue weighted by atomic mass is 10.1. The van der Waals surface area contributed by atoms with Crippen LogP contribution in [0.4, 0.5) is 26.3 Å². The van der Waals surface area contributed by atoms with E-state index in [0.29, 0.717) is 10.2 Å². The molecule has 0 unspecified atom stereocenters. The number of nitrogens with zero attached hydrogens (tertiary/aromatic N) is 4. The van der Waals surface area contributed by atoms with Gasteiger partial charge in [0.05, 0.1) is 5.69 Å². The molecule has 0 fully saturated rings. The molecule has 0 atom stereocenters. The van der Waals surface area contributed by atoms with Crippen molar-refractivity contribution in [1.82, 2.24) is 19.7 Å². The molecule has 0 radical (unpaired) electrons. The average Bonchev–Trinajstić information content (AvgIpc) is 2.96. The van der Waals surface area contributed by atoms with Crippen LogP contribution < -0.4 is 0 Å². The predicted molar refractivity (Wildman–Crippen MR) is 82.3 cm³/mol. The maximum atomic E-state index is 13.3. The van der Waals surface area contributed by atoms with Crippen LogP contribution in [0.3, 0.4) is 0 Å². The van der Waals surface area contributed by atoms with Crippen LogP contribution in [0.5, 0.6) is 0 Å². The highest BCUT2D eigenvalue weighted by molar-refractivity contribution is 9.10. The molecule has 1 aromatic carbocycles. The molecule has 11 heteroatoms. The van der Waals surface area contributed by atoms with Crippen LogP contribution in [0, 0.1) is 0 Å². The molecule has 0 aliphatic heterocycles. The fourth-order valence-electron chi connectivity index (χ4n) is 2.15. The Morgan fingerprint density at radius 2 is 1.46 bits per heavy atom. The van der Waals surface area contributed by atoms with E-state index in [9.17, 15) is 26.3 Å². The highest BCUT2D eigenvalue weighted by Crippen LogP contribution is 2.36. The van der Waals surface area contributed by atoms with Crippen molar-refractivity contribution in [1.29, 1.82) is 0 Å². The largest absolute Gasteiger partial charge is 0.453 e. The second kappa shape index (κ2) is 6.38. The third-order valence-corrected chi connectivity index (χ3v) is 3.79.